The van der Waals surface area contributed by atoms with Crippen LogP contribution in [0, 0.1) is 5.92 Å². The molecule has 0 spiro atoms. The molecular formula is C17H20N2O4. The molecular weight excluding hydrogens is 296 g/mol. The Morgan fingerprint density at radius 2 is 2.17 bits per heavy atom. The van der Waals surface area contributed by atoms with Crippen molar-refractivity contribution in [2.75, 3.05) is 6.54 Å². The zero-order chi connectivity index (χ0) is 16.8. The van der Waals surface area contributed by atoms with E-state index >= 15 is 0 Å². The van der Waals surface area contributed by atoms with Crippen molar-refractivity contribution in [2.45, 2.75) is 39.2 Å². The number of likely N-dealkylation sites (tertiary alicyclic amines) is 1. The van der Waals surface area contributed by atoms with Crippen molar-refractivity contribution in [1.82, 2.24) is 9.88 Å². The number of aliphatic carboxylic acids is 1. The number of hydrogen-bond donors (Lipinski definition) is 1. The summed E-state index contributed by atoms with van der Waals surface area (Å²) in [6.45, 7) is 6.81. The smallest absolute Gasteiger partial charge is 0.308 e. The Labute approximate surface area is 134 Å². The molecule has 1 aliphatic heterocycles. The van der Waals surface area contributed by atoms with E-state index in [4.69, 9.17) is 9.52 Å². The van der Waals surface area contributed by atoms with E-state index < -0.39 is 11.9 Å². The molecule has 6 nitrogen and oxygen atoms in total. The molecule has 3 rings (SSSR count). The van der Waals surface area contributed by atoms with Gasteiger partial charge in [-0.05, 0) is 23.1 Å². The molecule has 0 bridgehead atoms. The fraction of sp³-hybridized carbons (Fsp3) is 0.471. The van der Waals surface area contributed by atoms with Crippen LogP contribution in [0.4, 0.5) is 0 Å². The van der Waals surface area contributed by atoms with Crippen molar-refractivity contribution in [3.8, 4) is 0 Å². The van der Waals surface area contributed by atoms with Gasteiger partial charge in [-0.3, -0.25) is 9.59 Å². The maximum atomic E-state index is 11.9. The topological polar surface area (TPSA) is 83.6 Å². The number of aromatic nitrogens is 1. The van der Waals surface area contributed by atoms with Crippen LogP contribution in [0.2, 0.25) is 0 Å². The minimum atomic E-state index is -0.937. The number of carboxylic acid groups (broad SMARTS) is 1. The van der Waals surface area contributed by atoms with E-state index in [0.29, 0.717) is 11.5 Å². The monoisotopic (exact) mass is 316 g/mol. The number of rotatable bonds is 3. The van der Waals surface area contributed by atoms with E-state index in [0.717, 1.165) is 11.1 Å². The highest BCUT2D eigenvalue weighted by Crippen LogP contribution is 2.27. The average molecular weight is 316 g/mol. The molecule has 1 unspecified atom stereocenters. The number of amides is 1. The number of hydrogen-bond acceptors (Lipinski definition) is 4. The predicted molar refractivity (Wildman–Crippen MR) is 83.9 cm³/mol. The summed E-state index contributed by atoms with van der Waals surface area (Å²) < 4.78 is 5.69. The van der Waals surface area contributed by atoms with E-state index in [1.807, 2.05) is 18.2 Å². The Morgan fingerprint density at radius 3 is 2.78 bits per heavy atom. The Kier molecular flexibility index (Phi) is 3.62. The maximum absolute atomic E-state index is 11.9. The highest BCUT2D eigenvalue weighted by atomic mass is 16.4. The van der Waals surface area contributed by atoms with Gasteiger partial charge in [0.25, 0.3) is 0 Å². The van der Waals surface area contributed by atoms with Crippen LogP contribution >= 0.6 is 0 Å². The number of benzene rings is 1. The summed E-state index contributed by atoms with van der Waals surface area (Å²) in [7, 11) is 0. The first-order valence-corrected chi connectivity index (χ1v) is 7.64. The van der Waals surface area contributed by atoms with Gasteiger partial charge in [-0.1, -0.05) is 26.8 Å². The Balaban J connectivity index is 1.81. The summed E-state index contributed by atoms with van der Waals surface area (Å²) in [4.78, 5) is 28.8. The molecule has 1 fully saturated rings. The maximum Gasteiger partial charge on any atom is 0.308 e. The van der Waals surface area contributed by atoms with Crippen molar-refractivity contribution in [3.63, 3.8) is 0 Å². The summed E-state index contributed by atoms with van der Waals surface area (Å²) >= 11 is 0. The van der Waals surface area contributed by atoms with Gasteiger partial charge in [0.15, 0.2) is 5.58 Å². The molecule has 1 atom stereocenters. The molecule has 1 N–H and O–H groups in total. The summed E-state index contributed by atoms with van der Waals surface area (Å²) in [5.74, 6) is -1.31. The predicted octanol–water partition coefficient (Wildman–Crippen LogP) is 2.56. The summed E-state index contributed by atoms with van der Waals surface area (Å²) in [5.41, 5.74) is 2.61. The van der Waals surface area contributed by atoms with E-state index in [2.05, 4.69) is 25.8 Å². The van der Waals surface area contributed by atoms with Gasteiger partial charge >= 0.3 is 5.97 Å². The highest BCUT2D eigenvalue weighted by molar-refractivity contribution is 5.86. The first kappa shape index (κ1) is 15.5. The van der Waals surface area contributed by atoms with Crippen LogP contribution in [0.15, 0.2) is 22.6 Å². The summed E-state index contributed by atoms with van der Waals surface area (Å²) in [5, 5.41) is 9.02. The minimum Gasteiger partial charge on any atom is -0.481 e. The largest absolute Gasteiger partial charge is 0.481 e. The fourth-order valence-corrected chi connectivity index (χ4v) is 2.76. The van der Waals surface area contributed by atoms with Gasteiger partial charge in [0.2, 0.25) is 11.8 Å². The third-order valence-corrected chi connectivity index (χ3v) is 4.19. The van der Waals surface area contributed by atoms with Gasteiger partial charge in [0.05, 0.1) is 12.5 Å². The second-order valence-electron chi connectivity index (χ2n) is 7.05. The third-order valence-electron chi connectivity index (χ3n) is 4.19. The molecule has 1 aromatic carbocycles. The van der Waals surface area contributed by atoms with Gasteiger partial charge in [0, 0.05) is 13.0 Å². The molecule has 1 aromatic heterocycles. The number of nitrogens with zero attached hydrogens (tertiary/aromatic N) is 2. The zero-order valence-corrected chi connectivity index (χ0v) is 13.5. The van der Waals surface area contributed by atoms with Gasteiger partial charge in [-0.15, -0.1) is 0 Å². The lowest BCUT2D eigenvalue weighted by Gasteiger charge is -2.18. The molecule has 1 amide bonds. The van der Waals surface area contributed by atoms with Crippen LogP contribution in [0.25, 0.3) is 11.1 Å². The number of carboxylic acids is 1. The van der Waals surface area contributed by atoms with Crippen LogP contribution in [-0.2, 0) is 21.5 Å². The molecule has 6 heteroatoms. The highest BCUT2D eigenvalue weighted by Gasteiger charge is 2.34. The van der Waals surface area contributed by atoms with Crippen LogP contribution in [0.1, 0.15) is 38.6 Å². The molecule has 122 valence electrons. The van der Waals surface area contributed by atoms with Gasteiger partial charge in [0.1, 0.15) is 5.52 Å². The Bertz CT molecular complexity index is 772. The summed E-state index contributed by atoms with van der Waals surface area (Å²) in [6.07, 6.45) is 0.0454. The fourth-order valence-electron chi connectivity index (χ4n) is 2.76. The minimum absolute atomic E-state index is 0.0208. The number of fused-ring (bicyclic) bond motifs is 1. The second-order valence-corrected chi connectivity index (χ2v) is 7.05. The average Bonchev–Trinajstić information content (AvgIpc) is 3.01. The lowest BCUT2D eigenvalue weighted by molar-refractivity contribution is -0.141. The quantitative estimate of drug-likeness (QED) is 0.941. The van der Waals surface area contributed by atoms with Crippen molar-refractivity contribution in [2.24, 2.45) is 5.92 Å². The third kappa shape index (κ3) is 3.06. The van der Waals surface area contributed by atoms with Gasteiger partial charge in [-0.25, -0.2) is 4.98 Å². The zero-order valence-electron chi connectivity index (χ0n) is 13.5. The number of carbonyl (C=O) groups is 2. The van der Waals surface area contributed by atoms with Crippen LogP contribution in [-0.4, -0.2) is 33.4 Å². The van der Waals surface area contributed by atoms with E-state index in [-0.39, 0.29) is 30.8 Å². The SMILES string of the molecule is CC(C)(C)c1ccc2oc(CN3CC(C(=O)O)CC3=O)nc2c1. The second kappa shape index (κ2) is 5.37. The van der Waals surface area contributed by atoms with Crippen molar-refractivity contribution in [3.05, 3.63) is 29.7 Å². The van der Waals surface area contributed by atoms with Crippen LogP contribution < -0.4 is 0 Å². The summed E-state index contributed by atoms with van der Waals surface area (Å²) in [6, 6.07) is 5.89. The van der Waals surface area contributed by atoms with Gasteiger partial charge in [-0.2, -0.15) is 0 Å². The lowest BCUT2D eigenvalue weighted by Crippen LogP contribution is -2.25. The van der Waals surface area contributed by atoms with Crippen LogP contribution in [0.3, 0.4) is 0 Å². The normalized spacial score (nSPS) is 18.8. The molecule has 0 aliphatic carbocycles. The molecule has 0 radical (unpaired) electrons. The van der Waals surface area contributed by atoms with Gasteiger partial charge < -0.3 is 14.4 Å². The van der Waals surface area contributed by atoms with E-state index in [1.54, 1.807) is 0 Å². The molecule has 1 aliphatic rings. The number of carbonyl (C=O) groups excluding carboxylic acids is 1. The van der Waals surface area contributed by atoms with E-state index in [1.165, 1.54) is 4.90 Å². The molecule has 0 saturated carbocycles. The van der Waals surface area contributed by atoms with Crippen molar-refractivity contribution in [1.29, 1.82) is 0 Å². The first-order chi connectivity index (χ1) is 10.7. The van der Waals surface area contributed by atoms with Crippen molar-refractivity contribution >= 4 is 23.0 Å². The molecule has 1 saturated heterocycles. The van der Waals surface area contributed by atoms with Crippen molar-refractivity contribution < 1.29 is 19.1 Å². The number of oxazole rings is 1. The molecule has 23 heavy (non-hydrogen) atoms. The van der Waals surface area contributed by atoms with E-state index in [9.17, 15) is 9.59 Å². The lowest BCUT2D eigenvalue weighted by atomic mass is 9.87. The Hall–Kier alpha value is -2.37. The molecule has 2 aromatic rings. The Morgan fingerprint density at radius 1 is 1.43 bits per heavy atom. The first-order valence-electron chi connectivity index (χ1n) is 7.64. The van der Waals surface area contributed by atoms with Crippen LogP contribution in [0.5, 0.6) is 0 Å². The standard InChI is InChI=1S/C17H20N2O4/c1-17(2,3)11-4-5-13-12(7-11)18-14(23-13)9-19-8-10(16(21)22)6-15(19)20/h4-5,7,10H,6,8-9H2,1-3H3,(H,21,22). The molecule has 2 heterocycles.